The van der Waals surface area contributed by atoms with Crippen molar-refractivity contribution in [3.63, 3.8) is 0 Å². The SMILES string of the molecule is CCC1OCCC1C(Br)Cc1ccc(F)cc1F. The highest BCUT2D eigenvalue weighted by atomic mass is 79.9. The molecule has 100 valence electrons. The first-order chi connectivity index (χ1) is 8.61. The van der Waals surface area contributed by atoms with Gasteiger partial charge < -0.3 is 4.74 Å². The van der Waals surface area contributed by atoms with Crippen LogP contribution in [0.15, 0.2) is 18.2 Å². The molecule has 1 aromatic rings. The van der Waals surface area contributed by atoms with E-state index in [2.05, 4.69) is 22.9 Å². The predicted molar refractivity (Wildman–Crippen MR) is 70.9 cm³/mol. The second-order valence-electron chi connectivity index (χ2n) is 4.73. The molecular weight excluding hydrogens is 302 g/mol. The molecule has 1 aromatic carbocycles. The lowest BCUT2D eigenvalue weighted by Gasteiger charge is -2.22. The third-order valence-electron chi connectivity index (χ3n) is 3.56. The van der Waals surface area contributed by atoms with Crippen molar-refractivity contribution in [2.45, 2.75) is 37.1 Å². The molecule has 1 heterocycles. The minimum absolute atomic E-state index is 0.171. The monoisotopic (exact) mass is 318 g/mol. The normalized spacial score (nSPS) is 25.3. The first kappa shape index (κ1) is 13.9. The summed E-state index contributed by atoms with van der Waals surface area (Å²) in [7, 11) is 0. The fraction of sp³-hybridized carbons (Fsp3) is 0.571. The Bertz CT molecular complexity index is 411. The van der Waals surface area contributed by atoms with Gasteiger partial charge in [0.1, 0.15) is 11.6 Å². The van der Waals surface area contributed by atoms with Gasteiger partial charge >= 0.3 is 0 Å². The van der Waals surface area contributed by atoms with Crippen molar-refractivity contribution in [2.24, 2.45) is 5.92 Å². The van der Waals surface area contributed by atoms with E-state index in [0.717, 1.165) is 25.5 Å². The Morgan fingerprint density at radius 2 is 2.22 bits per heavy atom. The third-order valence-corrected chi connectivity index (χ3v) is 4.56. The van der Waals surface area contributed by atoms with Gasteiger partial charge in [-0.1, -0.05) is 28.9 Å². The molecule has 0 aliphatic carbocycles. The highest BCUT2D eigenvalue weighted by Crippen LogP contribution is 2.32. The summed E-state index contributed by atoms with van der Waals surface area (Å²) in [5.41, 5.74) is 0.556. The van der Waals surface area contributed by atoms with E-state index in [0.29, 0.717) is 17.9 Å². The fourth-order valence-corrected chi connectivity index (χ4v) is 3.50. The molecule has 18 heavy (non-hydrogen) atoms. The topological polar surface area (TPSA) is 9.23 Å². The van der Waals surface area contributed by atoms with E-state index in [-0.39, 0.29) is 10.9 Å². The summed E-state index contributed by atoms with van der Waals surface area (Å²) in [6, 6.07) is 3.77. The average Bonchev–Trinajstić information content (AvgIpc) is 2.81. The van der Waals surface area contributed by atoms with E-state index < -0.39 is 11.6 Å². The lowest BCUT2D eigenvalue weighted by atomic mass is 9.92. The molecule has 0 spiro atoms. The number of hydrogen-bond acceptors (Lipinski definition) is 1. The summed E-state index contributed by atoms with van der Waals surface area (Å²) in [5.74, 6) is -0.594. The zero-order chi connectivity index (χ0) is 13.1. The van der Waals surface area contributed by atoms with E-state index in [9.17, 15) is 8.78 Å². The van der Waals surface area contributed by atoms with Gasteiger partial charge in [0.15, 0.2) is 0 Å². The Hall–Kier alpha value is -0.480. The van der Waals surface area contributed by atoms with Gasteiger partial charge in [-0.25, -0.2) is 8.78 Å². The molecule has 0 saturated carbocycles. The van der Waals surface area contributed by atoms with Crippen LogP contribution >= 0.6 is 15.9 Å². The molecule has 1 aliphatic heterocycles. The van der Waals surface area contributed by atoms with Crippen LogP contribution in [0.5, 0.6) is 0 Å². The molecule has 3 atom stereocenters. The smallest absolute Gasteiger partial charge is 0.129 e. The lowest BCUT2D eigenvalue weighted by Crippen LogP contribution is -2.25. The first-order valence-electron chi connectivity index (χ1n) is 6.31. The maximum Gasteiger partial charge on any atom is 0.129 e. The van der Waals surface area contributed by atoms with Gasteiger partial charge in [0.2, 0.25) is 0 Å². The quantitative estimate of drug-likeness (QED) is 0.760. The van der Waals surface area contributed by atoms with Gasteiger partial charge in [-0.15, -0.1) is 0 Å². The molecule has 0 bridgehead atoms. The minimum atomic E-state index is -0.530. The Kier molecular flexibility index (Phi) is 4.73. The fourth-order valence-electron chi connectivity index (χ4n) is 2.55. The zero-order valence-corrected chi connectivity index (χ0v) is 11.9. The van der Waals surface area contributed by atoms with Crippen molar-refractivity contribution in [3.05, 3.63) is 35.4 Å². The van der Waals surface area contributed by atoms with E-state index in [1.54, 1.807) is 0 Å². The molecule has 1 fully saturated rings. The standard InChI is InChI=1S/C14H17BrF2O/c1-2-14-11(5-6-18-14)12(15)7-9-3-4-10(16)8-13(9)17/h3-4,8,11-12,14H,2,5-7H2,1H3. The van der Waals surface area contributed by atoms with Crippen LogP contribution in [0, 0.1) is 17.6 Å². The molecule has 4 heteroatoms. The number of benzene rings is 1. The molecule has 1 aliphatic rings. The van der Waals surface area contributed by atoms with E-state index in [4.69, 9.17) is 4.74 Å². The summed E-state index contributed by atoms with van der Waals surface area (Å²) in [6.45, 7) is 2.87. The predicted octanol–water partition coefficient (Wildman–Crippen LogP) is 4.09. The van der Waals surface area contributed by atoms with Gasteiger partial charge in [-0.2, -0.15) is 0 Å². The lowest BCUT2D eigenvalue weighted by molar-refractivity contribution is 0.0872. The largest absolute Gasteiger partial charge is 0.378 e. The second-order valence-corrected chi connectivity index (χ2v) is 5.90. The van der Waals surface area contributed by atoms with Crippen molar-refractivity contribution in [2.75, 3.05) is 6.61 Å². The highest BCUT2D eigenvalue weighted by Gasteiger charge is 2.32. The van der Waals surface area contributed by atoms with Gasteiger partial charge in [-0.3, -0.25) is 0 Å². The molecule has 0 N–H and O–H groups in total. The molecule has 1 saturated heterocycles. The Morgan fingerprint density at radius 3 is 2.89 bits per heavy atom. The maximum atomic E-state index is 13.6. The van der Waals surface area contributed by atoms with Crippen molar-refractivity contribution < 1.29 is 13.5 Å². The third kappa shape index (κ3) is 3.09. The van der Waals surface area contributed by atoms with Crippen LogP contribution in [0.25, 0.3) is 0 Å². The molecule has 0 amide bonds. The number of rotatable bonds is 4. The van der Waals surface area contributed by atoms with Gasteiger partial charge in [0, 0.05) is 23.4 Å². The summed E-state index contributed by atoms with van der Waals surface area (Å²) >= 11 is 3.63. The Labute approximate surface area is 115 Å². The summed E-state index contributed by atoms with van der Waals surface area (Å²) in [6.07, 6.45) is 2.78. The van der Waals surface area contributed by atoms with Crippen LogP contribution in [0.4, 0.5) is 8.78 Å². The Balaban J connectivity index is 2.04. The molecular formula is C14H17BrF2O. The van der Waals surface area contributed by atoms with Crippen LogP contribution in [0.3, 0.4) is 0 Å². The van der Waals surface area contributed by atoms with Gasteiger partial charge in [0.05, 0.1) is 6.10 Å². The summed E-state index contributed by atoms with van der Waals surface area (Å²) in [4.78, 5) is 0.171. The van der Waals surface area contributed by atoms with Crippen LogP contribution in [-0.4, -0.2) is 17.5 Å². The molecule has 0 aromatic heterocycles. The second kappa shape index (κ2) is 6.11. The first-order valence-corrected chi connectivity index (χ1v) is 7.23. The minimum Gasteiger partial charge on any atom is -0.378 e. The summed E-state index contributed by atoms with van der Waals surface area (Å²) in [5, 5.41) is 0. The molecule has 0 radical (unpaired) electrons. The van der Waals surface area contributed by atoms with Crippen LogP contribution in [0.1, 0.15) is 25.3 Å². The van der Waals surface area contributed by atoms with Crippen molar-refractivity contribution in [1.29, 1.82) is 0 Å². The average molecular weight is 319 g/mol. The van der Waals surface area contributed by atoms with E-state index in [1.807, 2.05) is 0 Å². The molecule has 3 unspecified atom stereocenters. The highest BCUT2D eigenvalue weighted by molar-refractivity contribution is 9.09. The number of hydrogen-bond donors (Lipinski definition) is 0. The van der Waals surface area contributed by atoms with Crippen molar-refractivity contribution >= 4 is 15.9 Å². The van der Waals surface area contributed by atoms with Crippen LogP contribution < -0.4 is 0 Å². The van der Waals surface area contributed by atoms with E-state index >= 15 is 0 Å². The van der Waals surface area contributed by atoms with E-state index in [1.165, 1.54) is 12.1 Å². The number of halogens is 3. The maximum absolute atomic E-state index is 13.6. The van der Waals surface area contributed by atoms with Crippen molar-refractivity contribution in [1.82, 2.24) is 0 Å². The zero-order valence-electron chi connectivity index (χ0n) is 10.3. The molecule has 1 nitrogen and oxygen atoms in total. The van der Waals surface area contributed by atoms with Crippen molar-refractivity contribution in [3.8, 4) is 0 Å². The van der Waals surface area contributed by atoms with Gasteiger partial charge in [-0.05, 0) is 30.9 Å². The number of alkyl halides is 1. The summed E-state index contributed by atoms with van der Waals surface area (Å²) < 4.78 is 32.1. The molecule has 2 rings (SSSR count). The van der Waals surface area contributed by atoms with Gasteiger partial charge in [0.25, 0.3) is 0 Å². The van der Waals surface area contributed by atoms with Crippen LogP contribution in [0.2, 0.25) is 0 Å². The van der Waals surface area contributed by atoms with Crippen LogP contribution in [-0.2, 0) is 11.2 Å². The number of ether oxygens (including phenoxy) is 1. The Morgan fingerprint density at radius 1 is 1.44 bits per heavy atom.